The normalized spacial score (nSPS) is 18.7. The van der Waals surface area contributed by atoms with Gasteiger partial charge in [0.25, 0.3) is 11.5 Å². The zero-order valence-corrected chi connectivity index (χ0v) is 17.2. The number of anilines is 1. The van der Waals surface area contributed by atoms with Gasteiger partial charge in [-0.3, -0.25) is 14.3 Å². The number of carbonyl (C=O) groups excluding carboxylic acids is 1. The molecule has 2 aliphatic rings. The third kappa shape index (κ3) is 3.78. The maximum atomic E-state index is 13.0. The highest BCUT2D eigenvalue weighted by molar-refractivity contribution is 5.94. The number of nitrogens with zero attached hydrogens (tertiary/aromatic N) is 5. The molecule has 1 saturated heterocycles. The van der Waals surface area contributed by atoms with Crippen molar-refractivity contribution in [2.75, 3.05) is 31.7 Å². The van der Waals surface area contributed by atoms with Gasteiger partial charge in [0, 0.05) is 44.8 Å². The molecule has 2 fully saturated rings. The smallest absolute Gasteiger partial charge is 0.284 e. The highest BCUT2D eigenvalue weighted by Gasteiger charge is 2.45. The lowest BCUT2D eigenvalue weighted by Crippen LogP contribution is -2.55. The average molecular weight is 400 g/mol. The summed E-state index contributed by atoms with van der Waals surface area (Å²) in [5, 5.41) is 11.5. The van der Waals surface area contributed by atoms with Gasteiger partial charge >= 0.3 is 0 Å². The van der Waals surface area contributed by atoms with Gasteiger partial charge in [-0.2, -0.15) is 9.78 Å². The number of rotatable bonds is 6. The summed E-state index contributed by atoms with van der Waals surface area (Å²) in [6.45, 7) is 4.05. The predicted molar refractivity (Wildman–Crippen MR) is 109 cm³/mol. The Balaban J connectivity index is 1.68. The van der Waals surface area contributed by atoms with E-state index in [1.54, 1.807) is 37.3 Å². The molecule has 1 N–H and O–H groups in total. The average Bonchev–Trinajstić information content (AvgIpc) is 3.30. The standard InChI is InChI=1S/C20H28N6O3/c1-14(11-29-3)22-18(27)16-8-17(25-12-20(13-25)6-4-5-7-20)23-26(19(16)28)15-9-21-24(2)10-15/h8-10,14H,4-7,11-13H2,1-3H3,(H,22,27)/t14-/m0/s1. The second-order valence-electron chi connectivity index (χ2n) is 8.40. The van der Waals surface area contributed by atoms with Gasteiger partial charge in [0.15, 0.2) is 5.82 Å². The molecular weight excluding hydrogens is 372 g/mol. The molecule has 0 aromatic carbocycles. The number of nitrogens with one attached hydrogen (secondary N) is 1. The Labute approximate surface area is 169 Å². The Hall–Kier alpha value is -2.68. The monoisotopic (exact) mass is 400 g/mol. The summed E-state index contributed by atoms with van der Waals surface area (Å²) >= 11 is 0. The Morgan fingerprint density at radius 2 is 2.07 bits per heavy atom. The molecule has 1 saturated carbocycles. The molecule has 2 aromatic rings. The molecule has 0 bridgehead atoms. The second-order valence-corrected chi connectivity index (χ2v) is 8.40. The van der Waals surface area contributed by atoms with Crippen molar-refractivity contribution < 1.29 is 9.53 Å². The Kier molecular flexibility index (Phi) is 5.16. The van der Waals surface area contributed by atoms with Crippen LogP contribution in [0, 0.1) is 5.41 Å². The van der Waals surface area contributed by atoms with Gasteiger partial charge < -0.3 is 15.0 Å². The van der Waals surface area contributed by atoms with E-state index in [1.165, 1.54) is 30.4 Å². The third-order valence-electron chi connectivity index (χ3n) is 5.91. The molecule has 2 aromatic heterocycles. The van der Waals surface area contributed by atoms with Crippen LogP contribution in [0.15, 0.2) is 23.3 Å². The Bertz CT molecular complexity index is 951. The molecule has 1 aliphatic carbocycles. The minimum absolute atomic E-state index is 0.0779. The maximum absolute atomic E-state index is 13.0. The zero-order chi connectivity index (χ0) is 20.6. The fourth-order valence-corrected chi connectivity index (χ4v) is 4.45. The topological polar surface area (TPSA) is 94.3 Å². The molecule has 0 radical (unpaired) electrons. The van der Waals surface area contributed by atoms with E-state index < -0.39 is 11.5 Å². The molecule has 0 unspecified atom stereocenters. The minimum atomic E-state index is -0.458. The van der Waals surface area contributed by atoms with Crippen molar-refractivity contribution >= 4 is 11.7 Å². The number of amides is 1. The lowest BCUT2D eigenvalue weighted by molar-refractivity contribution is 0.0903. The van der Waals surface area contributed by atoms with Crippen LogP contribution in [0.5, 0.6) is 0 Å². The fraction of sp³-hybridized carbons (Fsp3) is 0.600. The van der Waals surface area contributed by atoms with Gasteiger partial charge in [0.2, 0.25) is 0 Å². The van der Waals surface area contributed by atoms with Gasteiger partial charge in [-0.15, -0.1) is 5.10 Å². The van der Waals surface area contributed by atoms with Crippen LogP contribution >= 0.6 is 0 Å². The van der Waals surface area contributed by atoms with Crippen molar-refractivity contribution in [2.24, 2.45) is 12.5 Å². The molecule has 1 spiro atoms. The summed E-state index contributed by atoms with van der Waals surface area (Å²) in [4.78, 5) is 28.0. The van der Waals surface area contributed by atoms with Crippen molar-refractivity contribution in [3.05, 3.63) is 34.4 Å². The number of hydrogen-bond donors (Lipinski definition) is 1. The molecule has 9 heteroatoms. The summed E-state index contributed by atoms with van der Waals surface area (Å²) in [7, 11) is 3.35. The van der Waals surface area contributed by atoms with Crippen LogP contribution in [0.2, 0.25) is 0 Å². The maximum Gasteiger partial charge on any atom is 0.284 e. The van der Waals surface area contributed by atoms with Gasteiger partial charge in [0.1, 0.15) is 11.3 Å². The lowest BCUT2D eigenvalue weighted by atomic mass is 9.78. The molecule has 156 valence electrons. The van der Waals surface area contributed by atoms with E-state index in [0.717, 1.165) is 13.1 Å². The van der Waals surface area contributed by atoms with E-state index in [4.69, 9.17) is 4.74 Å². The molecule has 1 amide bonds. The first kappa shape index (κ1) is 19.6. The van der Waals surface area contributed by atoms with E-state index in [1.807, 2.05) is 6.92 Å². The van der Waals surface area contributed by atoms with Crippen LogP contribution < -0.4 is 15.8 Å². The van der Waals surface area contributed by atoms with E-state index in [-0.39, 0.29) is 11.6 Å². The molecular formula is C20H28N6O3. The molecule has 9 nitrogen and oxygen atoms in total. The minimum Gasteiger partial charge on any atom is -0.383 e. The zero-order valence-electron chi connectivity index (χ0n) is 17.2. The van der Waals surface area contributed by atoms with E-state index >= 15 is 0 Å². The molecule has 1 atom stereocenters. The number of aromatic nitrogens is 4. The van der Waals surface area contributed by atoms with E-state index in [0.29, 0.717) is 23.5 Å². The van der Waals surface area contributed by atoms with Gasteiger partial charge in [0.05, 0.1) is 19.0 Å². The number of carbonyl (C=O) groups is 1. The van der Waals surface area contributed by atoms with Crippen molar-refractivity contribution in [1.82, 2.24) is 24.9 Å². The molecule has 3 heterocycles. The number of hydrogen-bond acceptors (Lipinski definition) is 6. The van der Waals surface area contributed by atoms with Gasteiger partial charge in [-0.1, -0.05) is 12.8 Å². The van der Waals surface area contributed by atoms with Crippen LogP contribution in [0.25, 0.3) is 5.69 Å². The quantitative estimate of drug-likeness (QED) is 0.781. The Morgan fingerprint density at radius 1 is 1.34 bits per heavy atom. The third-order valence-corrected chi connectivity index (χ3v) is 5.91. The Morgan fingerprint density at radius 3 is 2.69 bits per heavy atom. The van der Waals surface area contributed by atoms with Crippen molar-refractivity contribution in [3.8, 4) is 5.69 Å². The molecule has 29 heavy (non-hydrogen) atoms. The van der Waals surface area contributed by atoms with Gasteiger partial charge in [-0.25, -0.2) is 0 Å². The predicted octanol–water partition coefficient (Wildman–Crippen LogP) is 1.11. The van der Waals surface area contributed by atoms with Crippen LogP contribution in [-0.2, 0) is 11.8 Å². The second kappa shape index (κ2) is 7.62. The SMILES string of the molecule is COC[C@H](C)NC(=O)c1cc(N2CC3(CCCC3)C2)nn(-c2cnn(C)c2)c1=O. The van der Waals surface area contributed by atoms with Gasteiger partial charge in [-0.05, 0) is 19.8 Å². The van der Waals surface area contributed by atoms with Crippen LogP contribution in [-0.4, -0.2) is 58.3 Å². The summed E-state index contributed by atoms with van der Waals surface area (Å²) in [6.07, 6.45) is 8.33. The van der Waals surface area contributed by atoms with E-state index in [9.17, 15) is 9.59 Å². The molecule has 4 rings (SSSR count). The highest BCUT2D eigenvalue weighted by atomic mass is 16.5. The van der Waals surface area contributed by atoms with E-state index in [2.05, 4.69) is 20.4 Å². The summed E-state index contributed by atoms with van der Waals surface area (Å²) in [5.41, 5.74) is 0.537. The number of ether oxygens (including phenoxy) is 1. The fourth-order valence-electron chi connectivity index (χ4n) is 4.45. The first-order valence-corrected chi connectivity index (χ1v) is 10.1. The summed E-state index contributed by atoms with van der Waals surface area (Å²) in [6, 6.07) is 1.41. The van der Waals surface area contributed by atoms with Crippen LogP contribution in [0.1, 0.15) is 43.0 Å². The van der Waals surface area contributed by atoms with Crippen molar-refractivity contribution in [1.29, 1.82) is 0 Å². The highest BCUT2D eigenvalue weighted by Crippen LogP contribution is 2.46. The first-order chi connectivity index (χ1) is 13.9. The largest absolute Gasteiger partial charge is 0.383 e. The number of methoxy groups -OCH3 is 1. The van der Waals surface area contributed by atoms with Crippen molar-refractivity contribution in [3.63, 3.8) is 0 Å². The van der Waals surface area contributed by atoms with Crippen molar-refractivity contribution in [2.45, 2.75) is 38.6 Å². The van der Waals surface area contributed by atoms with Crippen LogP contribution in [0.3, 0.4) is 0 Å². The lowest BCUT2D eigenvalue weighted by Gasteiger charge is -2.49. The first-order valence-electron chi connectivity index (χ1n) is 10.1. The molecule has 1 aliphatic heterocycles. The van der Waals surface area contributed by atoms with Crippen LogP contribution in [0.4, 0.5) is 5.82 Å². The number of aryl methyl sites for hydroxylation is 1. The summed E-state index contributed by atoms with van der Waals surface area (Å²) in [5.74, 6) is 0.229. The summed E-state index contributed by atoms with van der Waals surface area (Å²) < 4.78 is 7.96.